The smallest absolute Gasteiger partial charge is 0.292 e. The van der Waals surface area contributed by atoms with Gasteiger partial charge in [-0.05, 0) is 42.5 Å². The molecule has 0 unspecified atom stereocenters. The van der Waals surface area contributed by atoms with Crippen molar-refractivity contribution in [2.75, 3.05) is 31.8 Å². The Morgan fingerprint density at radius 1 is 1.10 bits per heavy atom. The number of carbonyl (C=O) groups excluding carboxylic acids is 1. The van der Waals surface area contributed by atoms with Crippen LogP contribution in [-0.2, 0) is 26.6 Å². The van der Waals surface area contributed by atoms with E-state index < -0.39 is 5.79 Å². The second kappa shape index (κ2) is 8.66. The van der Waals surface area contributed by atoms with Crippen LogP contribution in [0.1, 0.15) is 37.8 Å². The van der Waals surface area contributed by atoms with Crippen molar-refractivity contribution < 1.29 is 23.7 Å². The van der Waals surface area contributed by atoms with Crippen molar-refractivity contribution in [3.8, 4) is 11.5 Å². The lowest BCUT2D eigenvalue weighted by Crippen LogP contribution is -2.47. The minimum absolute atomic E-state index is 0.181. The Bertz CT molecular complexity index is 904. The number of anilines is 1. The summed E-state index contributed by atoms with van der Waals surface area (Å²) in [5, 5.41) is 0. The van der Waals surface area contributed by atoms with Crippen LogP contribution in [0.4, 0.5) is 5.69 Å². The van der Waals surface area contributed by atoms with Crippen LogP contribution >= 0.6 is 0 Å². The lowest BCUT2D eigenvalue weighted by Gasteiger charge is -2.32. The third-order valence-electron chi connectivity index (χ3n) is 5.50. The topological polar surface area (TPSA) is 57.2 Å². The van der Waals surface area contributed by atoms with Gasteiger partial charge in [-0.3, -0.25) is 4.79 Å². The van der Waals surface area contributed by atoms with E-state index in [0.29, 0.717) is 43.8 Å². The molecule has 6 nitrogen and oxygen atoms in total. The third kappa shape index (κ3) is 3.77. The first-order valence-corrected chi connectivity index (χ1v) is 10.5. The second-order valence-corrected chi connectivity index (χ2v) is 8.09. The van der Waals surface area contributed by atoms with Gasteiger partial charge in [0.25, 0.3) is 11.7 Å². The summed E-state index contributed by atoms with van der Waals surface area (Å²) in [6, 6.07) is 13.5. The molecule has 6 heteroatoms. The minimum atomic E-state index is -1.32. The first-order chi connectivity index (χ1) is 14.5. The fraction of sp³-hybridized carbons (Fsp3) is 0.458. The van der Waals surface area contributed by atoms with Crippen molar-refractivity contribution in [2.24, 2.45) is 5.92 Å². The molecule has 2 aromatic rings. The Morgan fingerprint density at radius 3 is 2.60 bits per heavy atom. The molecule has 1 spiro atoms. The Balaban J connectivity index is 1.57. The van der Waals surface area contributed by atoms with E-state index in [-0.39, 0.29) is 5.91 Å². The summed E-state index contributed by atoms with van der Waals surface area (Å²) in [4.78, 5) is 15.1. The summed E-state index contributed by atoms with van der Waals surface area (Å²) in [7, 11) is 1.63. The zero-order valence-corrected chi connectivity index (χ0v) is 17.8. The van der Waals surface area contributed by atoms with Crippen LogP contribution in [0.15, 0.2) is 42.5 Å². The van der Waals surface area contributed by atoms with E-state index in [9.17, 15) is 4.79 Å². The average molecular weight is 411 g/mol. The van der Waals surface area contributed by atoms with Gasteiger partial charge in [-0.2, -0.15) is 0 Å². The molecule has 1 amide bonds. The van der Waals surface area contributed by atoms with Crippen LogP contribution < -0.4 is 14.4 Å². The molecule has 0 saturated carbocycles. The number of methoxy groups -OCH3 is 1. The van der Waals surface area contributed by atoms with E-state index in [1.165, 1.54) is 0 Å². The fourth-order valence-corrected chi connectivity index (χ4v) is 3.87. The number of benzene rings is 2. The normalized spacial score (nSPS) is 17.5. The van der Waals surface area contributed by atoms with E-state index >= 15 is 0 Å². The number of carbonyl (C=O) groups is 1. The highest BCUT2D eigenvalue weighted by Crippen LogP contribution is 2.45. The second-order valence-electron chi connectivity index (χ2n) is 8.09. The summed E-state index contributed by atoms with van der Waals surface area (Å²) in [6.07, 6.45) is 1.76. The molecule has 0 radical (unpaired) electrons. The predicted molar refractivity (Wildman–Crippen MR) is 114 cm³/mol. The number of para-hydroxylation sites is 1. The highest BCUT2D eigenvalue weighted by atomic mass is 16.7. The lowest BCUT2D eigenvalue weighted by atomic mass is 10.1. The fourth-order valence-electron chi connectivity index (χ4n) is 3.87. The molecule has 0 atom stereocenters. The monoisotopic (exact) mass is 411 g/mol. The lowest BCUT2D eigenvalue weighted by molar-refractivity contribution is -0.256. The number of rotatable bonds is 7. The molecule has 2 heterocycles. The first kappa shape index (κ1) is 20.7. The molecule has 0 bridgehead atoms. The maximum absolute atomic E-state index is 13.4. The summed E-state index contributed by atoms with van der Waals surface area (Å²) in [5.41, 5.74) is 2.54. The number of ether oxygens (including phenoxy) is 4. The van der Waals surface area contributed by atoms with Gasteiger partial charge in [0.15, 0.2) is 11.5 Å². The first-order valence-electron chi connectivity index (χ1n) is 10.5. The molecule has 30 heavy (non-hydrogen) atoms. The van der Waals surface area contributed by atoms with Gasteiger partial charge in [-0.1, -0.05) is 38.1 Å². The predicted octanol–water partition coefficient (Wildman–Crippen LogP) is 4.26. The Kier molecular flexibility index (Phi) is 5.97. The molecule has 160 valence electrons. The Hall–Kier alpha value is -2.57. The molecule has 4 rings (SSSR count). The Morgan fingerprint density at radius 2 is 1.87 bits per heavy atom. The molecule has 0 aromatic heterocycles. The minimum Gasteiger partial charge on any atom is -0.493 e. The van der Waals surface area contributed by atoms with Crippen molar-refractivity contribution in [2.45, 2.75) is 39.0 Å². The zero-order chi connectivity index (χ0) is 21.1. The number of nitrogens with zero attached hydrogens (tertiary/aromatic N) is 1. The molecule has 1 saturated heterocycles. The van der Waals surface area contributed by atoms with Crippen molar-refractivity contribution in [1.29, 1.82) is 0 Å². The molecular weight excluding hydrogens is 382 g/mol. The van der Waals surface area contributed by atoms with E-state index in [0.717, 1.165) is 29.7 Å². The van der Waals surface area contributed by atoms with Gasteiger partial charge in [0.2, 0.25) is 0 Å². The van der Waals surface area contributed by atoms with Gasteiger partial charge in [-0.15, -0.1) is 0 Å². The van der Waals surface area contributed by atoms with Gasteiger partial charge in [0.1, 0.15) is 0 Å². The van der Waals surface area contributed by atoms with Crippen molar-refractivity contribution in [3.63, 3.8) is 0 Å². The average Bonchev–Trinajstić information content (AvgIpc) is 2.98. The Labute approximate surface area is 177 Å². The third-order valence-corrected chi connectivity index (χ3v) is 5.50. The molecule has 0 N–H and O–H groups in total. The van der Waals surface area contributed by atoms with Gasteiger partial charge < -0.3 is 23.8 Å². The van der Waals surface area contributed by atoms with E-state index in [2.05, 4.69) is 13.8 Å². The van der Waals surface area contributed by atoms with Gasteiger partial charge in [0, 0.05) is 5.56 Å². The SMILES string of the molecule is COc1cc(CN2C(=O)C3(OCCCO3)c3ccccc32)ccc1OCCC(C)C. The van der Waals surface area contributed by atoms with Gasteiger partial charge >= 0.3 is 0 Å². The summed E-state index contributed by atoms with van der Waals surface area (Å²) in [6.45, 7) is 6.38. The zero-order valence-electron chi connectivity index (χ0n) is 17.8. The van der Waals surface area contributed by atoms with Crippen molar-refractivity contribution in [1.82, 2.24) is 0 Å². The van der Waals surface area contributed by atoms with Gasteiger partial charge in [-0.25, -0.2) is 0 Å². The van der Waals surface area contributed by atoms with Crippen LogP contribution in [-0.4, -0.2) is 32.8 Å². The summed E-state index contributed by atoms with van der Waals surface area (Å²) >= 11 is 0. The standard InChI is InChI=1S/C24H29NO5/c1-17(2)11-14-28-21-10-9-18(15-22(21)27-3)16-25-20-8-5-4-7-19(20)24(23(25)26)29-12-6-13-30-24/h4-5,7-10,15,17H,6,11-14,16H2,1-3H3. The van der Waals surface area contributed by atoms with E-state index in [1.54, 1.807) is 12.0 Å². The van der Waals surface area contributed by atoms with Crippen molar-refractivity contribution >= 4 is 11.6 Å². The van der Waals surface area contributed by atoms with Crippen LogP contribution in [0.3, 0.4) is 0 Å². The quantitative estimate of drug-likeness (QED) is 0.682. The molecule has 1 fully saturated rings. The maximum atomic E-state index is 13.4. The molecular formula is C24H29NO5. The van der Waals surface area contributed by atoms with Crippen LogP contribution in [0.2, 0.25) is 0 Å². The van der Waals surface area contributed by atoms with E-state index in [1.807, 2.05) is 42.5 Å². The number of fused-ring (bicyclic) bond motifs is 2. The number of hydrogen-bond donors (Lipinski definition) is 0. The molecule has 2 aliphatic rings. The number of hydrogen-bond acceptors (Lipinski definition) is 5. The molecule has 0 aliphatic carbocycles. The number of amides is 1. The maximum Gasteiger partial charge on any atom is 0.292 e. The van der Waals surface area contributed by atoms with E-state index in [4.69, 9.17) is 18.9 Å². The van der Waals surface area contributed by atoms with Gasteiger partial charge in [0.05, 0.1) is 39.2 Å². The largest absolute Gasteiger partial charge is 0.493 e. The molecule has 2 aliphatic heterocycles. The van der Waals surface area contributed by atoms with Crippen LogP contribution in [0.5, 0.6) is 11.5 Å². The summed E-state index contributed by atoms with van der Waals surface area (Å²) < 4.78 is 23.2. The highest BCUT2D eigenvalue weighted by molar-refractivity contribution is 6.06. The summed E-state index contributed by atoms with van der Waals surface area (Å²) in [5.74, 6) is 0.452. The van der Waals surface area contributed by atoms with Crippen molar-refractivity contribution in [3.05, 3.63) is 53.6 Å². The highest BCUT2D eigenvalue weighted by Gasteiger charge is 2.54. The van der Waals surface area contributed by atoms with Crippen LogP contribution in [0, 0.1) is 5.92 Å². The van der Waals surface area contributed by atoms with Crippen LogP contribution in [0.25, 0.3) is 0 Å². The molecule has 2 aromatic carbocycles.